The summed E-state index contributed by atoms with van der Waals surface area (Å²) in [6.07, 6.45) is -0.816. The van der Waals surface area contributed by atoms with E-state index in [0.29, 0.717) is 15.1 Å². The van der Waals surface area contributed by atoms with E-state index >= 15 is 0 Å². The summed E-state index contributed by atoms with van der Waals surface area (Å²) < 4.78 is 51.7. The van der Waals surface area contributed by atoms with Crippen LogP contribution in [0.4, 0.5) is 13.2 Å². The summed E-state index contributed by atoms with van der Waals surface area (Å²) in [5.74, 6) is 0.772. The molecule has 1 atom stereocenters. The van der Waals surface area contributed by atoms with Crippen molar-refractivity contribution in [3.8, 4) is 17.2 Å². The Morgan fingerprint density at radius 2 is 1.71 bits per heavy atom. The number of rotatable bonds is 8. The van der Waals surface area contributed by atoms with Gasteiger partial charge in [0.25, 0.3) is 0 Å². The molecule has 2 aromatic rings. The molecule has 0 spiro atoms. The molecule has 1 unspecified atom stereocenters. The highest BCUT2D eigenvalue weighted by atomic mass is 79.9. The van der Waals surface area contributed by atoms with Crippen LogP contribution in [-0.2, 0) is 6.18 Å². The van der Waals surface area contributed by atoms with E-state index in [1.54, 1.807) is 18.2 Å². The summed E-state index contributed by atoms with van der Waals surface area (Å²) in [6.45, 7) is 4.28. The Morgan fingerprint density at radius 1 is 1.07 bits per heavy atom. The average molecular weight is 522 g/mol. The van der Waals surface area contributed by atoms with Crippen molar-refractivity contribution in [2.45, 2.75) is 38.8 Å². The van der Waals surface area contributed by atoms with Gasteiger partial charge in [0.1, 0.15) is 29.4 Å². The number of halogens is 5. The van der Waals surface area contributed by atoms with Crippen molar-refractivity contribution in [1.82, 2.24) is 0 Å². The number of hydrogen-bond donors (Lipinski definition) is 0. The van der Waals surface area contributed by atoms with Crippen LogP contribution < -0.4 is 9.47 Å². The van der Waals surface area contributed by atoms with Crippen molar-refractivity contribution in [2.75, 3.05) is 6.61 Å². The first kappa shape index (κ1) is 22.8. The van der Waals surface area contributed by atoms with Crippen LogP contribution in [0.25, 0.3) is 0 Å². The number of hydrogen-bond acceptors (Lipinski definition) is 2. The minimum absolute atomic E-state index is 0.00742. The molecule has 2 rings (SSSR count). The van der Waals surface area contributed by atoms with Gasteiger partial charge in [0.05, 0.1) is 3.39 Å². The second-order valence-electron chi connectivity index (χ2n) is 6.32. The van der Waals surface area contributed by atoms with E-state index in [9.17, 15) is 13.2 Å². The molecule has 0 bridgehead atoms. The fourth-order valence-corrected chi connectivity index (χ4v) is 2.98. The maximum Gasteiger partial charge on any atom is 0.420 e. The molecule has 0 amide bonds. The van der Waals surface area contributed by atoms with Gasteiger partial charge in [-0.3, -0.25) is 0 Å². The Balaban J connectivity index is 2.18. The lowest BCUT2D eigenvalue weighted by atomic mass is 9.97. The highest BCUT2D eigenvalue weighted by Gasteiger charge is 2.35. The summed E-state index contributed by atoms with van der Waals surface area (Å²) in [6, 6.07) is 11.1. The molecule has 0 saturated heterocycles. The van der Waals surface area contributed by atoms with Crippen LogP contribution in [0.5, 0.6) is 17.2 Å². The van der Waals surface area contributed by atoms with Crippen LogP contribution in [0.1, 0.15) is 43.7 Å². The SMILES string of the molecule is CCCC(C)c1ccc(Oc2ccc(OCC=C(Br)Br)c(C(F)(F)F)c2)cc1. The van der Waals surface area contributed by atoms with Crippen LogP contribution in [0.15, 0.2) is 51.9 Å². The van der Waals surface area contributed by atoms with Crippen molar-refractivity contribution in [3.05, 3.63) is 63.1 Å². The molecule has 7 heteroatoms. The molecule has 0 aliphatic heterocycles. The predicted octanol–water partition coefficient (Wildman–Crippen LogP) is 8.41. The smallest absolute Gasteiger partial charge is 0.420 e. The van der Waals surface area contributed by atoms with Crippen LogP contribution in [0.2, 0.25) is 0 Å². The van der Waals surface area contributed by atoms with Gasteiger partial charge in [-0.1, -0.05) is 32.4 Å². The molecule has 0 saturated carbocycles. The summed E-state index contributed by atoms with van der Waals surface area (Å²) in [4.78, 5) is 0. The van der Waals surface area contributed by atoms with Gasteiger partial charge in [-0.2, -0.15) is 13.2 Å². The topological polar surface area (TPSA) is 18.5 Å². The van der Waals surface area contributed by atoms with Crippen molar-refractivity contribution < 1.29 is 22.6 Å². The third-order valence-corrected chi connectivity index (χ3v) is 4.79. The molecule has 0 aliphatic carbocycles. The number of ether oxygens (including phenoxy) is 2. The molecule has 152 valence electrons. The standard InChI is InChI=1S/C21H21Br2F3O2/c1-3-4-14(2)15-5-7-16(8-6-15)28-17-9-10-19(27-12-11-20(22)23)18(13-17)21(24,25)26/h5-11,13-14H,3-4,12H2,1-2H3. The van der Waals surface area contributed by atoms with Crippen molar-refractivity contribution in [1.29, 1.82) is 0 Å². The molecule has 0 N–H and O–H groups in total. The van der Waals surface area contributed by atoms with Crippen LogP contribution in [-0.4, -0.2) is 6.61 Å². The molecule has 0 fully saturated rings. The third-order valence-electron chi connectivity index (χ3n) is 4.14. The van der Waals surface area contributed by atoms with E-state index in [0.717, 1.165) is 18.9 Å². The Labute approximate surface area is 180 Å². The molecule has 0 aliphatic rings. The second kappa shape index (κ2) is 10.3. The fourth-order valence-electron chi connectivity index (χ4n) is 2.71. The van der Waals surface area contributed by atoms with E-state index in [1.165, 1.54) is 17.7 Å². The Hall–Kier alpha value is -1.47. The lowest BCUT2D eigenvalue weighted by Crippen LogP contribution is -2.09. The summed E-state index contributed by atoms with van der Waals surface area (Å²) in [5, 5.41) is 0. The van der Waals surface area contributed by atoms with Gasteiger partial charge in [-0.25, -0.2) is 0 Å². The summed E-state index contributed by atoms with van der Waals surface area (Å²) in [5.41, 5.74) is 0.303. The van der Waals surface area contributed by atoms with Gasteiger partial charge in [-0.15, -0.1) is 0 Å². The quantitative estimate of drug-likeness (QED) is 0.347. The zero-order valence-electron chi connectivity index (χ0n) is 15.5. The zero-order valence-corrected chi connectivity index (χ0v) is 18.7. The Kier molecular flexibility index (Phi) is 8.43. The third kappa shape index (κ3) is 6.85. The largest absolute Gasteiger partial charge is 0.489 e. The number of alkyl halides is 3. The lowest BCUT2D eigenvalue weighted by Gasteiger charge is -2.15. The second-order valence-corrected chi connectivity index (χ2v) is 9.09. The first-order valence-electron chi connectivity index (χ1n) is 8.83. The van der Waals surface area contributed by atoms with Gasteiger partial charge in [-0.05, 0) is 86.2 Å². The molecule has 2 aromatic carbocycles. The minimum atomic E-state index is -4.55. The van der Waals surface area contributed by atoms with Gasteiger partial charge < -0.3 is 9.47 Å². The molecule has 28 heavy (non-hydrogen) atoms. The van der Waals surface area contributed by atoms with E-state index in [1.807, 2.05) is 12.1 Å². The molecule has 0 aromatic heterocycles. The maximum atomic E-state index is 13.4. The highest BCUT2D eigenvalue weighted by Crippen LogP contribution is 2.39. The maximum absolute atomic E-state index is 13.4. The first-order chi connectivity index (χ1) is 13.2. The summed E-state index contributed by atoms with van der Waals surface area (Å²) >= 11 is 6.27. The molecule has 2 nitrogen and oxygen atoms in total. The zero-order chi connectivity index (χ0) is 20.7. The predicted molar refractivity (Wildman–Crippen MR) is 113 cm³/mol. The van der Waals surface area contributed by atoms with Crippen LogP contribution in [0.3, 0.4) is 0 Å². The normalized spacial score (nSPS) is 12.4. The lowest BCUT2D eigenvalue weighted by molar-refractivity contribution is -0.138. The number of benzene rings is 2. The van der Waals surface area contributed by atoms with Gasteiger partial charge >= 0.3 is 6.18 Å². The van der Waals surface area contributed by atoms with E-state index in [4.69, 9.17) is 9.47 Å². The molecule has 0 heterocycles. The van der Waals surface area contributed by atoms with Crippen LogP contribution >= 0.6 is 31.9 Å². The van der Waals surface area contributed by atoms with Crippen molar-refractivity contribution >= 4 is 31.9 Å². The van der Waals surface area contributed by atoms with Gasteiger partial charge in [0.2, 0.25) is 0 Å². The van der Waals surface area contributed by atoms with Crippen molar-refractivity contribution in [3.63, 3.8) is 0 Å². The minimum Gasteiger partial charge on any atom is -0.489 e. The average Bonchev–Trinajstić information content (AvgIpc) is 2.62. The van der Waals surface area contributed by atoms with E-state index in [-0.39, 0.29) is 18.1 Å². The van der Waals surface area contributed by atoms with E-state index in [2.05, 4.69) is 45.7 Å². The highest BCUT2D eigenvalue weighted by molar-refractivity contribution is 9.28. The van der Waals surface area contributed by atoms with Crippen LogP contribution in [0, 0.1) is 0 Å². The Morgan fingerprint density at radius 3 is 2.29 bits per heavy atom. The van der Waals surface area contributed by atoms with Gasteiger partial charge in [0, 0.05) is 0 Å². The Bertz CT molecular complexity index is 798. The van der Waals surface area contributed by atoms with Crippen molar-refractivity contribution in [2.24, 2.45) is 0 Å². The molecular formula is C21H21Br2F3O2. The molecule has 0 radical (unpaired) electrons. The van der Waals surface area contributed by atoms with E-state index < -0.39 is 11.7 Å². The monoisotopic (exact) mass is 520 g/mol. The summed E-state index contributed by atoms with van der Waals surface area (Å²) in [7, 11) is 0. The fraction of sp³-hybridized carbons (Fsp3) is 0.333. The first-order valence-corrected chi connectivity index (χ1v) is 10.4. The van der Waals surface area contributed by atoms with Gasteiger partial charge in [0.15, 0.2) is 0 Å². The molecular weight excluding hydrogens is 501 g/mol.